The molecule has 0 saturated carbocycles. The molecular weight excluding hydrogens is 541 g/mol. The number of fused-ring (bicyclic) bond motifs is 2. The topological polar surface area (TPSA) is 69.0 Å². The van der Waals surface area contributed by atoms with E-state index in [0.717, 1.165) is 10.0 Å². The molecule has 5 rings (SSSR count). The monoisotopic (exact) mass is 565 g/mol. The molecule has 0 radical (unpaired) electrons. The summed E-state index contributed by atoms with van der Waals surface area (Å²) in [5.74, 6) is 0.619. The largest absolute Gasteiger partial charge is 0.493 e. The maximum absolute atomic E-state index is 13.8. The average Bonchev–Trinajstić information content (AvgIpc) is 3.16. The number of rotatable bonds is 7. The van der Waals surface area contributed by atoms with Crippen LogP contribution in [0.3, 0.4) is 0 Å². The number of carbonyl (C=O) groups is 1. The minimum absolute atomic E-state index is 0.00559. The maximum Gasteiger partial charge on any atom is 0.291 e. The van der Waals surface area contributed by atoms with Crippen molar-refractivity contribution in [3.05, 3.63) is 104 Å². The van der Waals surface area contributed by atoms with Crippen LogP contribution in [0.5, 0.6) is 11.5 Å². The standard InChI is InChI=1S/C29H25BrFNO5/c1-16(2)15-36-23-10-6-18(12-24(23)35-3)26-25-27(33)21-13-19(30)7-11-22(21)37-28(25)29(34)32(26)14-17-4-8-20(31)9-5-17/h4-13,16,26H,14-15H2,1-3H3. The summed E-state index contributed by atoms with van der Waals surface area (Å²) in [6.07, 6.45) is 0. The van der Waals surface area contributed by atoms with E-state index in [0.29, 0.717) is 40.6 Å². The van der Waals surface area contributed by atoms with Crippen molar-refractivity contribution >= 4 is 32.8 Å². The van der Waals surface area contributed by atoms with Gasteiger partial charge in [-0.3, -0.25) is 9.59 Å². The summed E-state index contributed by atoms with van der Waals surface area (Å²) in [6.45, 7) is 4.78. The fourth-order valence-electron chi connectivity index (χ4n) is 4.52. The average molecular weight is 566 g/mol. The molecule has 0 saturated heterocycles. The van der Waals surface area contributed by atoms with E-state index in [-0.39, 0.29) is 29.1 Å². The smallest absolute Gasteiger partial charge is 0.291 e. The number of benzene rings is 3. The molecule has 1 aliphatic rings. The third-order valence-corrected chi connectivity index (χ3v) is 6.76. The van der Waals surface area contributed by atoms with Crippen molar-refractivity contribution in [2.24, 2.45) is 5.92 Å². The van der Waals surface area contributed by atoms with Crippen molar-refractivity contribution in [2.75, 3.05) is 13.7 Å². The Labute approximate surface area is 221 Å². The molecule has 1 amide bonds. The highest BCUT2D eigenvalue weighted by molar-refractivity contribution is 9.10. The van der Waals surface area contributed by atoms with Gasteiger partial charge in [0.2, 0.25) is 5.76 Å². The van der Waals surface area contributed by atoms with Gasteiger partial charge in [-0.05, 0) is 59.5 Å². The summed E-state index contributed by atoms with van der Waals surface area (Å²) in [5, 5.41) is 0.374. The summed E-state index contributed by atoms with van der Waals surface area (Å²) >= 11 is 3.41. The van der Waals surface area contributed by atoms with Gasteiger partial charge in [0.1, 0.15) is 11.4 Å². The quantitative estimate of drug-likeness (QED) is 0.256. The van der Waals surface area contributed by atoms with Gasteiger partial charge in [-0.25, -0.2) is 4.39 Å². The lowest BCUT2D eigenvalue weighted by Crippen LogP contribution is -2.29. The molecule has 0 fully saturated rings. The second kappa shape index (κ2) is 10.0. The number of hydrogen-bond acceptors (Lipinski definition) is 5. The van der Waals surface area contributed by atoms with Crippen LogP contribution < -0.4 is 14.9 Å². The third kappa shape index (κ3) is 4.73. The molecule has 0 aliphatic carbocycles. The lowest BCUT2D eigenvalue weighted by Gasteiger charge is -2.26. The highest BCUT2D eigenvalue weighted by Gasteiger charge is 2.43. The molecule has 0 N–H and O–H groups in total. The third-order valence-electron chi connectivity index (χ3n) is 6.27. The van der Waals surface area contributed by atoms with Crippen LogP contribution in [0.25, 0.3) is 11.0 Å². The molecule has 3 aromatic carbocycles. The minimum Gasteiger partial charge on any atom is -0.493 e. The van der Waals surface area contributed by atoms with Gasteiger partial charge in [0.05, 0.1) is 30.7 Å². The zero-order valence-electron chi connectivity index (χ0n) is 20.6. The fourth-order valence-corrected chi connectivity index (χ4v) is 4.88. The highest BCUT2D eigenvalue weighted by Crippen LogP contribution is 2.42. The molecule has 190 valence electrons. The van der Waals surface area contributed by atoms with Crippen molar-refractivity contribution in [3.8, 4) is 11.5 Å². The van der Waals surface area contributed by atoms with Gasteiger partial charge in [0, 0.05) is 11.0 Å². The normalized spacial score (nSPS) is 14.9. The number of nitrogens with zero attached hydrogens (tertiary/aromatic N) is 1. The SMILES string of the molecule is COc1cc(C2c3c(oc4ccc(Br)cc4c3=O)C(=O)N2Cc2ccc(F)cc2)ccc1OCC(C)C. The fraction of sp³-hybridized carbons (Fsp3) is 0.241. The molecule has 37 heavy (non-hydrogen) atoms. The lowest BCUT2D eigenvalue weighted by atomic mass is 9.97. The Hall–Kier alpha value is -3.65. The van der Waals surface area contributed by atoms with E-state index < -0.39 is 11.9 Å². The van der Waals surface area contributed by atoms with Crippen LogP contribution in [0, 0.1) is 11.7 Å². The summed E-state index contributed by atoms with van der Waals surface area (Å²) in [7, 11) is 1.55. The minimum atomic E-state index is -0.736. The Kier molecular flexibility index (Phi) is 6.77. The first-order valence-corrected chi connectivity index (χ1v) is 12.7. The van der Waals surface area contributed by atoms with E-state index in [4.69, 9.17) is 13.9 Å². The van der Waals surface area contributed by atoms with Crippen LogP contribution in [-0.4, -0.2) is 24.5 Å². The van der Waals surface area contributed by atoms with E-state index in [2.05, 4.69) is 29.8 Å². The number of hydrogen-bond donors (Lipinski definition) is 0. The van der Waals surface area contributed by atoms with E-state index >= 15 is 0 Å². The van der Waals surface area contributed by atoms with Crippen molar-refractivity contribution in [3.63, 3.8) is 0 Å². The summed E-state index contributed by atoms with van der Waals surface area (Å²) in [4.78, 5) is 29.0. The van der Waals surface area contributed by atoms with Gasteiger partial charge in [-0.15, -0.1) is 0 Å². The summed E-state index contributed by atoms with van der Waals surface area (Å²) < 4.78 is 31.8. The summed E-state index contributed by atoms with van der Waals surface area (Å²) in [6, 6.07) is 15.7. The van der Waals surface area contributed by atoms with Crippen LogP contribution in [0.1, 0.15) is 47.1 Å². The Balaban J connectivity index is 1.67. The lowest BCUT2D eigenvalue weighted by molar-refractivity contribution is 0.0714. The zero-order valence-corrected chi connectivity index (χ0v) is 22.2. The molecule has 8 heteroatoms. The predicted molar refractivity (Wildman–Crippen MR) is 142 cm³/mol. The second-order valence-corrected chi connectivity index (χ2v) is 10.3. The molecule has 1 aliphatic heterocycles. The number of halogens is 2. The van der Waals surface area contributed by atoms with E-state index in [1.54, 1.807) is 54.5 Å². The molecule has 0 bridgehead atoms. The molecule has 4 aromatic rings. The second-order valence-electron chi connectivity index (χ2n) is 9.39. The number of amides is 1. The molecule has 1 aromatic heterocycles. The number of ether oxygens (including phenoxy) is 2. The van der Waals surface area contributed by atoms with Gasteiger partial charge in [0.15, 0.2) is 16.9 Å². The van der Waals surface area contributed by atoms with Crippen LogP contribution >= 0.6 is 15.9 Å². The zero-order chi connectivity index (χ0) is 26.3. The van der Waals surface area contributed by atoms with Crippen molar-refractivity contribution in [1.82, 2.24) is 4.90 Å². The Morgan fingerprint density at radius 2 is 1.78 bits per heavy atom. The number of carbonyl (C=O) groups excluding carboxylic acids is 1. The van der Waals surface area contributed by atoms with E-state index in [9.17, 15) is 14.0 Å². The van der Waals surface area contributed by atoms with Gasteiger partial charge < -0.3 is 18.8 Å². The van der Waals surface area contributed by atoms with E-state index in [1.165, 1.54) is 12.1 Å². The first-order chi connectivity index (χ1) is 17.8. The first-order valence-electron chi connectivity index (χ1n) is 11.9. The molecule has 0 spiro atoms. The summed E-state index contributed by atoms with van der Waals surface area (Å²) in [5.41, 5.74) is 1.70. The Bertz CT molecular complexity index is 1550. The van der Waals surface area contributed by atoms with Gasteiger partial charge >= 0.3 is 0 Å². The van der Waals surface area contributed by atoms with Crippen molar-refractivity contribution in [2.45, 2.75) is 26.4 Å². The predicted octanol–water partition coefficient (Wildman–Crippen LogP) is 6.48. The van der Waals surface area contributed by atoms with Crippen molar-refractivity contribution < 1.29 is 23.1 Å². The molecular formula is C29H25BrFNO5. The number of methoxy groups -OCH3 is 1. The van der Waals surface area contributed by atoms with Crippen LogP contribution in [0.2, 0.25) is 0 Å². The highest BCUT2D eigenvalue weighted by atomic mass is 79.9. The molecule has 1 unspecified atom stereocenters. The van der Waals surface area contributed by atoms with Gasteiger partial charge in [-0.1, -0.05) is 48.0 Å². The van der Waals surface area contributed by atoms with Crippen LogP contribution in [0.4, 0.5) is 4.39 Å². The molecule has 2 heterocycles. The molecule has 1 atom stereocenters. The van der Waals surface area contributed by atoms with E-state index in [1.807, 2.05) is 6.07 Å². The van der Waals surface area contributed by atoms with Crippen LogP contribution in [0.15, 0.2) is 74.3 Å². The van der Waals surface area contributed by atoms with Gasteiger partial charge in [0.25, 0.3) is 5.91 Å². The van der Waals surface area contributed by atoms with Gasteiger partial charge in [-0.2, -0.15) is 0 Å². The maximum atomic E-state index is 13.8. The first kappa shape index (κ1) is 25.0. The Morgan fingerprint density at radius 3 is 2.49 bits per heavy atom. The Morgan fingerprint density at radius 1 is 1.03 bits per heavy atom. The molecule has 6 nitrogen and oxygen atoms in total. The van der Waals surface area contributed by atoms with Crippen LogP contribution in [-0.2, 0) is 6.54 Å². The van der Waals surface area contributed by atoms with Crippen molar-refractivity contribution in [1.29, 1.82) is 0 Å².